The lowest BCUT2D eigenvalue weighted by Gasteiger charge is -1.97. The third-order valence-electron chi connectivity index (χ3n) is 1.66. The van der Waals surface area contributed by atoms with Crippen molar-refractivity contribution in [3.05, 3.63) is 40.7 Å². The molecule has 1 amide bonds. The average Bonchev–Trinajstić information content (AvgIpc) is 2.10. The van der Waals surface area contributed by atoms with E-state index in [1.807, 2.05) is 0 Å². The smallest absolute Gasteiger partial charge is 0.217 e. The van der Waals surface area contributed by atoms with Crippen LogP contribution in [0.4, 0.5) is 4.39 Å². The predicted molar refractivity (Wildman–Crippen MR) is 59.1 cm³/mol. The molecule has 0 heterocycles. The van der Waals surface area contributed by atoms with E-state index < -0.39 is 0 Å². The lowest BCUT2D eigenvalue weighted by molar-refractivity contribution is -0.118. The number of carbonyl (C=O) groups is 1. The van der Waals surface area contributed by atoms with E-state index in [2.05, 4.69) is 5.32 Å². The minimum Gasteiger partial charge on any atom is -0.353 e. The first-order chi connectivity index (χ1) is 7.08. The number of carbonyl (C=O) groups excluding carboxylic acids is 1. The molecule has 0 aliphatic rings. The molecule has 0 aliphatic carbocycles. The Morgan fingerprint density at radius 1 is 1.53 bits per heavy atom. The van der Waals surface area contributed by atoms with Gasteiger partial charge in [-0.05, 0) is 23.8 Å². The fourth-order valence-electron chi connectivity index (χ4n) is 1.07. The van der Waals surface area contributed by atoms with Gasteiger partial charge in [0.2, 0.25) is 5.91 Å². The van der Waals surface area contributed by atoms with Gasteiger partial charge in [0.1, 0.15) is 5.82 Å². The van der Waals surface area contributed by atoms with Crippen LogP contribution in [-0.2, 0) is 4.79 Å². The summed E-state index contributed by atoms with van der Waals surface area (Å²) in [6.45, 7) is 1.86. The van der Waals surface area contributed by atoms with Gasteiger partial charge in [-0.1, -0.05) is 23.8 Å². The van der Waals surface area contributed by atoms with E-state index in [0.717, 1.165) is 0 Å². The van der Waals surface area contributed by atoms with Gasteiger partial charge in [-0.15, -0.1) is 0 Å². The van der Waals surface area contributed by atoms with Crippen LogP contribution < -0.4 is 5.32 Å². The van der Waals surface area contributed by atoms with Crippen molar-refractivity contribution in [2.45, 2.75) is 6.92 Å². The van der Waals surface area contributed by atoms with Gasteiger partial charge in [-0.2, -0.15) is 0 Å². The van der Waals surface area contributed by atoms with Crippen LogP contribution in [0.1, 0.15) is 12.5 Å². The van der Waals surface area contributed by atoms with Crippen LogP contribution in [0.3, 0.4) is 0 Å². The third-order valence-corrected chi connectivity index (χ3v) is 1.88. The second kappa shape index (κ2) is 5.51. The van der Waals surface area contributed by atoms with Gasteiger partial charge in [0.15, 0.2) is 0 Å². The molecule has 0 aliphatic heterocycles. The number of amides is 1. The normalized spacial score (nSPS) is 10.6. The maximum absolute atomic E-state index is 12.9. The molecule has 0 spiro atoms. The minimum atomic E-state index is -0.373. The van der Waals surface area contributed by atoms with Crippen LogP contribution in [0.15, 0.2) is 24.3 Å². The van der Waals surface area contributed by atoms with Crippen molar-refractivity contribution < 1.29 is 9.18 Å². The molecule has 1 aromatic carbocycles. The average molecular weight is 228 g/mol. The van der Waals surface area contributed by atoms with E-state index in [-0.39, 0.29) is 11.7 Å². The summed E-state index contributed by atoms with van der Waals surface area (Å²) in [4.78, 5) is 10.5. The molecular formula is C11H11ClFNO. The van der Waals surface area contributed by atoms with Crippen molar-refractivity contribution >= 4 is 23.6 Å². The standard InChI is InChI=1S/C11H11ClFNO/c1-8(15)14-4-2-3-9-5-10(12)7-11(13)6-9/h2-3,5-7H,4H2,1H3,(H,14,15). The van der Waals surface area contributed by atoms with Gasteiger partial charge < -0.3 is 5.32 Å². The first kappa shape index (κ1) is 11.7. The Labute approximate surface area is 92.7 Å². The zero-order chi connectivity index (χ0) is 11.3. The second-order valence-corrected chi connectivity index (χ2v) is 3.48. The lowest BCUT2D eigenvalue weighted by Crippen LogP contribution is -2.19. The number of benzene rings is 1. The highest BCUT2D eigenvalue weighted by atomic mass is 35.5. The van der Waals surface area contributed by atoms with Crippen molar-refractivity contribution in [2.75, 3.05) is 6.54 Å². The van der Waals surface area contributed by atoms with Gasteiger partial charge >= 0.3 is 0 Å². The molecule has 0 saturated carbocycles. The molecule has 2 nitrogen and oxygen atoms in total. The molecular weight excluding hydrogens is 217 g/mol. The molecule has 1 rings (SSSR count). The van der Waals surface area contributed by atoms with Crippen LogP contribution in [-0.4, -0.2) is 12.5 Å². The fraction of sp³-hybridized carbons (Fsp3) is 0.182. The van der Waals surface area contributed by atoms with Crippen molar-refractivity contribution in [1.29, 1.82) is 0 Å². The van der Waals surface area contributed by atoms with Crippen LogP contribution in [0, 0.1) is 5.82 Å². The van der Waals surface area contributed by atoms with Crippen LogP contribution in [0.25, 0.3) is 6.08 Å². The highest BCUT2D eigenvalue weighted by molar-refractivity contribution is 6.30. The van der Waals surface area contributed by atoms with Gasteiger partial charge in [0.25, 0.3) is 0 Å². The van der Waals surface area contributed by atoms with Crippen molar-refractivity contribution in [3.63, 3.8) is 0 Å². The summed E-state index contributed by atoms with van der Waals surface area (Å²) in [7, 11) is 0. The molecule has 80 valence electrons. The molecule has 0 radical (unpaired) electrons. The number of hydrogen-bond acceptors (Lipinski definition) is 1. The second-order valence-electron chi connectivity index (χ2n) is 3.04. The molecule has 1 aromatic rings. The molecule has 1 N–H and O–H groups in total. The Kier molecular flexibility index (Phi) is 4.31. The number of rotatable bonds is 3. The molecule has 0 fully saturated rings. The summed E-state index contributed by atoms with van der Waals surface area (Å²) in [5, 5.41) is 2.95. The van der Waals surface area contributed by atoms with Gasteiger partial charge in [0, 0.05) is 18.5 Å². The minimum absolute atomic E-state index is 0.100. The highest BCUT2D eigenvalue weighted by Gasteiger charge is 1.95. The van der Waals surface area contributed by atoms with Crippen LogP contribution in [0.2, 0.25) is 5.02 Å². The molecule has 0 unspecified atom stereocenters. The fourth-order valence-corrected chi connectivity index (χ4v) is 1.30. The summed E-state index contributed by atoms with van der Waals surface area (Å²) in [5.41, 5.74) is 0.672. The topological polar surface area (TPSA) is 29.1 Å². The van der Waals surface area contributed by atoms with E-state index >= 15 is 0 Å². The molecule has 0 bridgehead atoms. The zero-order valence-electron chi connectivity index (χ0n) is 8.26. The van der Waals surface area contributed by atoms with Gasteiger partial charge in [-0.3, -0.25) is 4.79 Å². The molecule has 4 heteroatoms. The number of hydrogen-bond donors (Lipinski definition) is 1. The first-order valence-corrected chi connectivity index (χ1v) is 4.83. The van der Waals surface area contributed by atoms with Crippen molar-refractivity contribution in [3.8, 4) is 0 Å². The summed E-state index contributed by atoms with van der Waals surface area (Å²) in [6, 6.07) is 4.26. The lowest BCUT2D eigenvalue weighted by atomic mass is 10.2. The SMILES string of the molecule is CC(=O)NCC=Cc1cc(F)cc(Cl)c1. The summed E-state index contributed by atoms with van der Waals surface area (Å²) in [6.07, 6.45) is 3.43. The Morgan fingerprint density at radius 2 is 2.27 bits per heavy atom. The quantitative estimate of drug-likeness (QED) is 0.845. The van der Waals surface area contributed by atoms with Gasteiger partial charge in [-0.25, -0.2) is 4.39 Å². The maximum Gasteiger partial charge on any atom is 0.217 e. The molecule has 0 atom stereocenters. The largest absolute Gasteiger partial charge is 0.353 e. The van der Waals surface area contributed by atoms with Gasteiger partial charge in [0.05, 0.1) is 0 Å². The molecule has 15 heavy (non-hydrogen) atoms. The highest BCUT2D eigenvalue weighted by Crippen LogP contribution is 2.14. The Hall–Kier alpha value is -1.35. The molecule has 0 saturated heterocycles. The van der Waals surface area contributed by atoms with E-state index in [0.29, 0.717) is 17.1 Å². The zero-order valence-corrected chi connectivity index (χ0v) is 9.01. The summed E-state index contributed by atoms with van der Waals surface area (Å²) in [5.74, 6) is -0.474. The monoisotopic (exact) mass is 227 g/mol. The number of nitrogens with one attached hydrogen (secondary N) is 1. The van der Waals surface area contributed by atoms with Crippen LogP contribution >= 0.6 is 11.6 Å². The Bertz CT molecular complexity index is 370. The Balaban J connectivity index is 2.60. The first-order valence-electron chi connectivity index (χ1n) is 4.45. The van der Waals surface area contributed by atoms with Crippen molar-refractivity contribution in [2.24, 2.45) is 0 Å². The van der Waals surface area contributed by atoms with Crippen LogP contribution in [0.5, 0.6) is 0 Å². The third kappa shape index (κ3) is 4.61. The van der Waals surface area contributed by atoms with E-state index in [4.69, 9.17) is 11.6 Å². The predicted octanol–water partition coefficient (Wildman–Crippen LogP) is 2.63. The summed E-state index contributed by atoms with van der Waals surface area (Å²) < 4.78 is 12.9. The van der Waals surface area contributed by atoms with E-state index in [9.17, 15) is 9.18 Å². The van der Waals surface area contributed by atoms with Crippen molar-refractivity contribution in [1.82, 2.24) is 5.32 Å². The Morgan fingerprint density at radius 3 is 2.87 bits per heavy atom. The summed E-state index contributed by atoms with van der Waals surface area (Å²) >= 11 is 5.67. The molecule has 0 aromatic heterocycles. The number of halogens is 2. The maximum atomic E-state index is 12.9. The van der Waals surface area contributed by atoms with E-state index in [1.165, 1.54) is 19.1 Å². The van der Waals surface area contributed by atoms with E-state index in [1.54, 1.807) is 18.2 Å².